The fourth-order valence-corrected chi connectivity index (χ4v) is 2.52. The molecule has 1 aromatic carbocycles. The van der Waals surface area contributed by atoms with Crippen molar-refractivity contribution in [1.29, 1.82) is 0 Å². The van der Waals surface area contributed by atoms with Crippen LogP contribution in [0.3, 0.4) is 0 Å². The number of rotatable bonds is 7. The summed E-state index contributed by atoms with van der Waals surface area (Å²) in [6.07, 6.45) is 2.32. The summed E-state index contributed by atoms with van der Waals surface area (Å²) in [4.78, 5) is 9.09. The predicted molar refractivity (Wildman–Crippen MR) is 102 cm³/mol. The van der Waals surface area contributed by atoms with Gasteiger partial charge >= 0.3 is 0 Å². The van der Waals surface area contributed by atoms with Crippen LogP contribution in [0, 0.1) is 6.92 Å². The first kappa shape index (κ1) is 17.7. The highest BCUT2D eigenvalue weighted by Gasteiger charge is 2.08. The van der Waals surface area contributed by atoms with Crippen molar-refractivity contribution in [1.82, 2.24) is 25.8 Å². The van der Waals surface area contributed by atoms with Crippen LogP contribution in [0.5, 0.6) is 0 Å². The standard InChI is InChI=1S/C19H24N6O/c1-3-20-19(22-13-15-8-5-4-7-14(15)2)21-11-10-17-23-18(25-24-17)16-9-6-12-26-16/h4-9,12H,3,10-11,13H2,1-2H3,(H2,20,21,22)(H,23,24,25). The number of furan rings is 1. The molecule has 0 saturated heterocycles. The fraction of sp³-hybridized carbons (Fsp3) is 0.316. The average molecular weight is 352 g/mol. The molecule has 7 heteroatoms. The first-order chi connectivity index (χ1) is 12.8. The van der Waals surface area contributed by atoms with Gasteiger partial charge in [-0.1, -0.05) is 24.3 Å². The largest absolute Gasteiger partial charge is 0.461 e. The number of hydrogen-bond donors (Lipinski definition) is 3. The van der Waals surface area contributed by atoms with Gasteiger partial charge < -0.3 is 15.1 Å². The Hall–Kier alpha value is -3.09. The van der Waals surface area contributed by atoms with E-state index in [1.807, 2.05) is 24.3 Å². The molecule has 3 rings (SSSR count). The topological polar surface area (TPSA) is 91.1 Å². The van der Waals surface area contributed by atoms with Gasteiger partial charge in [0.1, 0.15) is 5.82 Å². The number of aryl methyl sites for hydroxylation is 1. The normalized spacial score (nSPS) is 11.5. The second kappa shape index (κ2) is 8.84. The number of hydrogen-bond acceptors (Lipinski definition) is 4. The summed E-state index contributed by atoms with van der Waals surface area (Å²) in [6.45, 7) is 6.31. The summed E-state index contributed by atoms with van der Waals surface area (Å²) in [5, 5.41) is 13.7. The molecule has 0 amide bonds. The van der Waals surface area contributed by atoms with Gasteiger partial charge in [-0.15, -0.1) is 0 Å². The molecule has 0 fully saturated rings. The molecule has 0 aliphatic heterocycles. The molecule has 26 heavy (non-hydrogen) atoms. The second-order valence-corrected chi connectivity index (χ2v) is 5.88. The van der Waals surface area contributed by atoms with E-state index < -0.39 is 0 Å². The summed E-state index contributed by atoms with van der Waals surface area (Å²) in [5.74, 6) is 2.83. The van der Waals surface area contributed by atoms with Crippen molar-refractivity contribution in [2.45, 2.75) is 26.8 Å². The number of H-pyrrole nitrogens is 1. The molecule has 0 atom stereocenters. The molecule has 0 spiro atoms. The minimum Gasteiger partial charge on any atom is -0.461 e. The van der Waals surface area contributed by atoms with Crippen molar-refractivity contribution in [3.63, 3.8) is 0 Å². The highest BCUT2D eigenvalue weighted by atomic mass is 16.3. The fourth-order valence-electron chi connectivity index (χ4n) is 2.52. The maximum atomic E-state index is 5.30. The molecular formula is C19H24N6O. The SMILES string of the molecule is CCNC(=NCc1ccccc1C)NCCc1nc(-c2ccco2)n[nH]1. The number of aliphatic imine (C=N–C) groups is 1. The van der Waals surface area contributed by atoms with E-state index in [9.17, 15) is 0 Å². The smallest absolute Gasteiger partial charge is 0.216 e. The van der Waals surface area contributed by atoms with Crippen LogP contribution in [0.15, 0.2) is 52.1 Å². The first-order valence-corrected chi connectivity index (χ1v) is 8.78. The van der Waals surface area contributed by atoms with Gasteiger partial charge in [-0.2, -0.15) is 5.10 Å². The van der Waals surface area contributed by atoms with E-state index in [0.717, 1.165) is 18.3 Å². The molecule has 7 nitrogen and oxygen atoms in total. The van der Waals surface area contributed by atoms with Crippen molar-refractivity contribution in [2.75, 3.05) is 13.1 Å². The van der Waals surface area contributed by atoms with E-state index in [1.54, 1.807) is 6.26 Å². The van der Waals surface area contributed by atoms with Crippen LogP contribution in [-0.4, -0.2) is 34.2 Å². The van der Waals surface area contributed by atoms with E-state index in [1.165, 1.54) is 11.1 Å². The Morgan fingerprint density at radius 3 is 2.85 bits per heavy atom. The van der Waals surface area contributed by atoms with Gasteiger partial charge in [-0.3, -0.25) is 5.10 Å². The van der Waals surface area contributed by atoms with Gasteiger partial charge in [-0.25, -0.2) is 9.98 Å². The molecule has 136 valence electrons. The summed E-state index contributed by atoms with van der Waals surface area (Å²) < 4.78 is 5.30. The van der Waals surface area contributed by atoms with Crippen molar-refractivity contribution < 1.29 is 4.42 Å². The third-order valence-corrected chi connectivity index (χ3v) is 3.94. The number of benzene rings is 1. The maximum Gasteiger partial charge on any atom is 0.216 e. The van der Waals surface area contributed by atoms with Crippen LogP contribution >= 0.6 is 0 Å². The Morgan fingerprint density at radius 2 is 2.08 bits per heavy atom. The first-order valence-electron chi connectivity index (χ1n) is 8.78. The van der Waals surface area contributed by atoms with E-state index in [4.69, 9.17) is 4.42 Å². The molecule has 2 aromatic heterocycles. The lowest BCUT2D eigenvalue weighted by Crippen LogP contribution is -2.38. The van der Waals surface area contributed by atoms with E-state index in [0.29, 0.717) is 31.1 Å². The molecule has 0 aliphatic rings. The Labute approximate surface area is 153 Å². The Balaban J connectivity index is 1.54. The van der Waals surface area contributed by atoms with Crippen molar-refractivity contribution in [3.05, 3.63) is 59.6 Å². The summed E-state index contributed by atoms with van der Waals surface area (Å²) in [5.41, 5.74) is 2.47. The van der Waals surface area contributed by atoms with Gasteiger partial charge in [0.05, 0.1) is 12.8 Å². The third kappa shape index (κ3) is 4.72. The zero-order valence-electron chi connectivity index (χ0n) is 15.1. The van der Waals surface area contributed by atoms with Crippen molar-refractivity contribution >= 4 is 5.96 Å². The van der Waals surface area contributed by atoms with Crippen molar-refractivity contribution in [2.24, 2.45) is 4.99 Å². The minimum absolute atomic E-state index is 0.574. The lowest BCUT2D eigenvalue weighted by Gasteiger charge is -2.11. The van der Waals surface area contributed by atoms with Gasteiger partial charge in [0.2, 0.25) is 5.82 Å². The number of nitrogens with one attached hydrogen (secondary N) is 3. The van der Waals surface area contributed by atoms with E-state index in [2.05, 4.69) is 56.8 Å². The van der Waals surface area contributed by atoms with Gasteiger partial charge in [0, 0.05) is 19.5 Å². The summed E-state index contributed by atoms with van der Waals surface area (Å²) in [6, 6.07) is 11.9. The molecule has 0 saturated carbocycles. The number of aromatic amines is 1. The minimum atomic E-state index is 0.574. The van der Waals surface area contributed by atoms with Crippen LogP contribution in [0.4, 0.5) is 0 Å². The lowest BCUT2D eigenvalue weighted by atomic mass is 10.1. The lowest BCUT2D eigenvalue weighted by molar-refractivity contribution is 0.577. The van der Waals surface area contributed by atoms with E-state index in [-0.39, 0.29) is 0 Å². The molecule has 0 aliphatic carbocycles. The maximum absolute atomic E-state index is 5.30. The second-order valence-electron chi connectivity index (χ2n) is 5.88. The predicted octanol–water partition coefficient (Wildman–Crippen LogP) is 2.67. The Morgan fingerprint density at radius 1 is 1.19 bits per heavy atom. The van der Waals surface area contributed by atoms with Gasteiger partial charge in [0.25, 0.3) is 0 Å². The molecule has 0 bridgehead atoms. The highest BCUT2D eigenvalue weighted by Crippen LogP contribution is 2.14. The van der Waals surface area contributed by atoms with Gasteiger partial charge in [0.15, 0.2) is 11.7 Å². The molecule has 0 radical (unpaired) electrons. The van der Waals surface area contributed by atoms with Crippen LogP contribution in [0.25, 0.3) is 11.6 Å². The zero-order chi connectivity index (χ0) is 18.2. The van der Waals surface area contributed by atoms with Crippen LogP contribution in [0.2, 0.25) is 0 Å². The van der Waals surface area contributed by atoms with E-state index >= 15 is 0 Å². The number of aromatic nitrogens is 3. The Bertz CT molecular complexity index is 837. The number of guanidine groups is 1. The summed E-state index contributed by atoms with van der Waals surface area (Å²) >= 11 is 0. The number of nitrogens with zero attached hydrogens (tertiary/aromatic N) is 3. The molecule has 2 heterocycles. The molecule has 0 unspecified atom stereocenters. The molecule has 3 N–H and O–H groups in total. The van der Waals surface area contributed by atoms with Crippen LogP contribution < -0.4 is 10.6 Å². The Kier molecular flexibility index (Phi) is 6.03. The molecule has 3 aromatic rings. The van der Waals surface area contributed by atoms with Crippen molar-refractivity contribution in [3.8, 4) is 11.6 Å². The molecular weight excluding hydrogens is 328 g/mol. The van der Waals surface area contributed by atoms with Gasteiger partial charge in [-0.05, 0) is 37.1 Å². The van der Waals surface area contributed by atoms with Crippen LogP contribution in [0.1, 0.15) is 23.9 Å². The third-order valence-electron chi connectivity index (χ3n) is 3.94. The quantitative estimate of drug-likeness (QED) is 0.449. The monoisotopic (exact) mass is 352 g/mol. The zero-order valence-corrected chi connectivity index (χ0v) is 15.1. The van der Waals surface area contributed by atoms with Crippen LogP contribution in [-0.2, 0) is 13.0 Å². The highest BCUT2D eigenvalue weighted by molar-refractivity contribution is 5.79. The summed E-state index contributed by atoms with van der Waals surface area (Å²) in [7, 11) is 0. The average Bonchev–Trinajstić information content (AvgIpc) is 3.32.